The highest BCUT2D eigenvalue weighted by atomic mass is 16.5. The Bertz CT molecular complexity index is 561. The van der Waals surface area contributed by atoms with E-state index >= 15 is 0 Å². The quantitative estimate of drug-likeness (QED) is 0.124. The van der Waals surface area contributed by atoms with E-state index in [9.17, 15) is 9.90 Å². The summed E-state index contributed by atoms with van der Waals surface area (Å²) in [7, 11) is 0. The van der Waals surface area contributed by atoms with Gasteiger partial charge < -0.3 is 9.84 Å². The second kappa shape index (κ2) is 19.5. The van der Waals surface area contributed by atoms with Gasteiger partial charge >= 0.3 is 5.97 Å². The van der Waals surface area contributed by atoms with Crippen molar-refractivity contribution in [3.05, 3.63) is 0 Å². The second-order valence-corrected chi connectivity index (χ2v) is 14.8. The Morgan fingerprint density at radius 2 is 1.03 bits per heavy atom. The number of carbonyl (C=O) groups is 1. The number of hydrogen-bond donors (Lipinski definition) is 1. The van der Waals surface area contributed by atoms with Crippen molar-refractivity contribution in [1.29, 1.82) is 0 Å². The van der Waals surface area contributed by atoms with Crippen molar-refractivity contribution in [2.24, 2.45) is 28.6 Å². The molecule has 1 aliphatic carbocycles. The third-order valence-corrected chi connectivity index (χ3v) is 9.25. The fourth-order valence-electron chi connectivity index (χ4n) is 6.57. The third kappa shape index (κ3) is 15.9. The SMILES string of the molecule is CCCCCCCCCCCCCCCCCCC(=O)OCCC1CC(C(C)(C)C)C(O)C(C(C)(C)C)C1. The largest absolute Gasteiger partial charge is 0.466 e. The van der Waals surface area contributed by atoms with Crippen LogP contribution in [0.1, 0.15) is 177 Å². The summed E-state index contributed by atoms with van der Waals surface area (Å²) in [6, 6.07) is 0. The highest BCUT2D eigenvalue weighted by molar-refractivity contribution is 5.69. The number of hydrogen-bond acceptors (Lipinski definition) is 3. The van der Waals surface area contributed by atoms with Gasteiger partial charge in [-0.1, -0.05) is 145 Å². The zero-order chi connectivity index (χ0) is 28.4. The minimum Gasteiger partial charge on any atom is -0.466 e. The summed E-state index contributed by atoms with van der Waals surface area (Å²) in [5.74, 6) is 1.10. The summed E-state index contributed by atoms with van der Waals surface area (Å²) in [6.45, 7) is 16.3. The molecular weight excluding hydrogens is 468 g/mol. The molecule has 0 bridgehead atoms. The monoisotopic (exact) mass is 537 g/mol. The molecule has 1 rings (SSSR count). The van der Waals surface area contributed by atoms with Crippen molar-refractivity contribution >= 4 is 5.97 Å². The normalized spacial score (nSPS) is 22.5. The highest BCUT2D eigenvalue weighted by Crippen LogP contribution is 2.49. The molecule has 1 N–H and O–H groups in total. The first kappa shape index (κ1) is 35.5. The minimum atomic E-state index is -0.247. The van der Waals surface area contributed by atoms with Gasteiger partial charge in [-0.2, -0.15) is 0 Å². The fourth-order valence-corrected chi connectivity index (χ4v) is 6.57. The van der Waals surface area contributed by atoms with Crippen molar-refractivity contribution in [3.8, 4) is 0 Å². The number of esters is 1. The van der Waals surface area contributed by atoms with Crippen molar-refractivity contribution in [2.45, 2.75) is 183 Å². The van der Waals surface area contributed by atoms with Gasteiger partial charge in [0.05, 0.1) is 12.7 Å². The van der Waals surface area contributed by atoms with Crippen LogP contribution in [0, 0.1) is 28.6 Å². The van der Waals surface area contributed by atoms with E-state index in [2.05, 4.69) is 48.5 Å². The second-order valence-electron chi connectivity index (χ2n) is 14.8. The van der Waals surface area contributed by atoms with E-state index in [0.717, 1.165) is 32.1 Å². The van der Waals surface area contributed by atoms with Crippen LogP contribution < -0.4 is 0 Å². The average molecular weight is 537 g/mol. The number of aliphatic hydroxyl groups excluding tert-OH is 1. The van der Waals surface area contributed by atoms with Crippen molar-refractivity contribution < 1.29 is 14.6 Å². The molecule has 0 aromatic rings. The molecule has 1 aliphatic rings. The van der Waals surface area contributed by atoms with Crippen LogP contribution in [0.3, 0.4) is 0 Å². The average Bonchev–Trinajstić information content (AvgIpc) is 2.83. The molecule has 3 nitrogen and oxygen atoms in total. The predicted molar refractivity (Wildman–Crippen MR) is 164 cm³/mol. The molecule has 0 heterocycles. The van der Waals surface area contributed by atoms with Gasteiger partial charge in [-0.15, -0.1) is 0 Å². The topological polar surface area (TPSA) is 46.5 Å². The van der Waals surface area contributed by atoms with Crippen LogP contribution in [0.2, 0.25) is 0 Å². The Hall–Kier alpha value is -0.570. The number of ether oxygens (including phenoxy) is 1. The first-order valence-corrected chi connectivity index (χ1v) is 16.8. The summed E-state index contributed by atoms with van der Waals surface area (Å²) in [5.41, 5.74) is 0.178. The fraction of sp³-hybridized carbons (Fsp3) is 0.971. The van der Waals surface area contributed by atoms with Crippen LogP contribution in [0.4, 0.5) is 0 Å². The van der Waals surface area contributed by atoms with E-state index in [1.54, 1.807) is 0 Å². The molecule has 2 unspecified atom stereocenters. The van der Waals surface area contributed by atoms with Crippen molar-refractivity contribution in [2.75, 3.05) is 6.61 Å². The lowest BCUT2D eigenvalue weighted by molar-refractivity contribution is -0.145. The Balaban J connectivity index is 2.05. The van der Waals surface area contributed by atoms with Crippen LogP contribution in [-0.4, -0.2) is 23.8 Å². The van der Waals surface area contributed by atoms with Crippen molar-refractivity contribution in [3.63, 3.8) is 0 Å². The highest BCUT2D eigenvalue weighted by Gasteiger charge is 2.45. The molecule has 0 spiro atoms. The van der Waals surface area contributed by atoms with Crippen LogP contribution in [-0.2, 0) is 9.53 Å². The molecular formula is C35H68O3. The minimum absolute atomic E-state index is 0.0223. The Labute approximate surface area is 238 Å². The van der Waals surface area contributed by atoms with Crippen LogP contribution in [0.25, 0.3) is 0 Å². The predicted octanol–water partition coefficient (Wildman–Crippen LogP) is 10.7. The summed E-state index contributed by atoms with van der Waals surface area (Å²) in [5, 5.41) is 11.1. The molecule has 1 saturated carbocycles. The maximum atomic E-state index is 12.3. The molecule has 0 aromatic heterocycles. The lowest BCUT2D eigenvalue weighted by Gasteiger charge is -2.49. The standard InChI is InChI=1S/C35H68O3/c1-8-9-10-11-12-13-14-15-16-17-18-19-20-21-22-23-24-32(36)38-26-25-29-27-30(34(2,3)4)33(37)31(28-29)35(5,6)7/h29-31,33,37H,8-28H2,1-7H3. The van der Waals surface area contributed by atoms with Gasteiger partial charge in [0.15, 0.2) is 0 Å². The Kier molecular flexibility index (Phi) is 18.2. The van der Waals surface area contributed by atoms with Crippen LogP contribution in [0.5, 0.6) is 0 Å². The lowest BCUT2D eigenvalue weighted by atomic mass is 9.58. The number of aliphatic hydroxyl groups is 1. The molecule has 0 saturated heterocycles. The van der Waals surface area contributed by atoms with E-state index in [0.29, 0.717) is 30.8 Å². The van der Waals surface area contributed by atoms with E-state index in [4.69, 9.17) is 4.74 Å². The van der Waals surface area contributed by atoms with Gasteiger partial charge in [0.25, 0.3) is 0 Å². The molecule has 0 radical (unpaired) electrons. The number of rotatable bonds is 20. The van der Waals surface area contributed by atoms with Gasteiger partial charge in [-0.05, 0) is 54.3 Å². The molecule has 2 atom stereocenters. The smallest absolute Gasteiger partial charge is 0.305 e. The van der Waals surface area contributed by atoms with Crippen molar-refractivity contribution in [1.82, 2.24) is 0 Å². The lowest BCUT2D eigenvalue weighted by Crippen LogP contribution is -2.47. The van der Waals surface area contributed by atoms with E-state index in [1.165, 1.54) is 89.9 Å². The first-order valence-electron chi connectivity index (χ1n) is 16.8. The van der Waals surface area contributed by atoms with Crippen LogP contribution >= 0.6 is 0 Å². The number of unbranched alkanes of at least 4 members (excludes halogenated alkanes) is 15. The maximum absolute atomic E-state index is 12.3. The Morgan fingerprint density at radius 3 is 1.39 bits per heavy atom. The molecule has 3 heteroatoms. The zero-order valence-corrected chi connectivity index (χ0v) is 26.9. The van der Waals surface area contributed by atoms with Gasteiger partial charge in [0.1, 0.15) is 0 Å². The van der Waals surface area contributed by atoms with Gasteiger partial charge in [-0.3, -0.25) is 4.79 Å². The summed E-state index contributed by atoms with van der Waals surface area (Å²) < 4.78 is 5.64. The molecule has 38 heavy (non-hydrogen) atoms. The van der Waals surface area contributed by atoms with E-state index < -0.39 is 0 Å². The van der Waals surface area contributed by atoms with E-state index in [-0.39, 0.29) is 22.9 Å². The zero-order valence-electron chi connectivity index (χ0n) is 26.9. The van der Waals surface area contributed by atoms with Gasteiger partial charge in [-0.25, -0.2) is 0 Å². The first-order chi connectivity index (χ1) is 18.0. The third-order valence-electron chi connectivity index (χ3n) is 9.25. The van der Waals surface area contributed by atoms with Gasteiger partial charge in [0, 0.05) is 6.42 Å². The summed E-state index contributed by atoms with van der Waals surface area (Å²) >= 11 is 0. The van der Waals surface area contributed by atoms with Gasteiger partial charge in [0.2, 0.25) is 0 Å². The maximum Gasteiger partial charge on any atom is 0.305 e. The van der Waals surface area contributed by atoms with E-state index in [1.807, 2.05) is 0 Å². The molecule has 226 valence electrons. The molecule has 0 aliphatic heterocycles. The summed E-state index contributed by atoms with van der Waals surface area (Å²) in [4.78, 5) is 12.3. The molecule has 1 fully saturated rings. The molecule has 0 amide bonds. The number of carbonyl (C=O) groups excluding carboxylic acids is 1. The molecule has 0 aromatic carbocycles. The van der Waals surface area contributed by atoms with Crippen LogP contribution in [0.15, 0.2) is 0 Å². The summed E-state index contributed by atoms with van der Waals surface area (Å²) in [6.07, 6.45) is 24.9. The Morgan fingerprint density at radius 1 is 0.658 bits per heavy atom.